The third kappa shape index (κ3) is 2.57. The maximum absolute atomic E-state index is 11.9. The fourth-order valence-corrected chi connectivity index (χ4v) is 3.40. The van der Waals surface area contributed by atoms with E-state index >= 15 is 0 Å². The van der Waals surface area contributed by atoms with Crippen molar-refractivity contribution in [2.75, 3.05) is 37.4 Å². The molecule has 0 spiro atoms. The van der Waals surface area contributed by atoms with Crippen molar-refractivity contribution in [3.8, 4) is 6.07 Å². The van der Waals surface area contributed by atoms with Crippen LogP contribution in [0.25, 0.3) is 0 Å². The Labute approximate surface area is 122 Å². The summed E-state index contributed by atoms with van der Waals surface area (Å²) in [5, 5.41) is 12.8. The monoisotopic (exact) mass is 294 g/mol. The molecule has 1 saturated heterocycles. The van der Waals surface area contributed by atoms with E-state index < -0.39 is 0 Å². The van der Waals surface area contributed by atoms with Gasteiger partial charge in [0.25, 0.3) is 5.91 Å². The van der Waals surface area contributed by atoms with Crippen LogP contribution in [0, 0.1) is 11.3 Å². The Balaban J connectivity index is 2.32. The minimum Gasteiger partial charge on any atom is -0.396 e. The predicted molar refractivity (Wildman–Crippen MR) is 79.1 cm³/mol. The van der Waals surface area contributed by atoms with Gasteiger partial charge in [-0.05, 0) is 13.3 Å². The number of hydrogen-bond acceptors (Lipinski definition) is 6. The molecule has 3 N–H and O–H groups in total. The molecule has 6 nitrogen and oxygen atoms in total. The van der Waals surface area contributed by atoms with Crippen LogP contribution >= 0.6 is 11.3 Å². The highest BCUT2D eigenvalue weighted by Gasteiger charge is 2.29. The number of nitriles is 1. The van der Waals surface area contributed by atoms with E-state index in [1.807, 2.05) is 6.92 Å². The number of nitrogen functional groups attached to an aromatic ring is 1. The van der Waals surface area contributed by atoms with E-state index in [-0.39, 0.29) is 17.7 Å². The number of nitrogens with zero attached hydrogens (tertiary/aromatic N) is 2. The summed E-state index contributed by atoms with van der Waals surface area (Å²) < 4.78 is 5.33. The molecule has 1 fully saturated rings. The van der Waals surface area contributed by atoms with Crippen LogP contribution in [0.4, 0.5) is 10.7 Å². The first kappa shape index (κ1) is 14.6. The summed E-state index contributed by atoms with van der Waals surface area (Å²) in [6.45, 7) is 3.91. The lowest BCUT2D eigenvalue weighted by Gasteiger charge is -2.16. The molecule has 7 heteroatoms. The minimum atomic E-state index is -0.222. The molecule has 1 aromatic heterocycles. The van der Waals surface area contributed by atoms with Crippen molar-refractivity contribution in [1.29, 1.82) is 5.26 Å². The van der Waals surface area contributed by atoms with Gasteiger partial charge in [0.05, 0.1) is 11.8 Å². The van der Waals surface area contributed by atoms with Crippen LogP contribution in [0.3, 0.4) is 0 Å². The Hall–Kier alpha value is -1.78. The number of thiophene rings is 1. The van der Waals surface area contributed by atoms with Crippen molar-refractivity contribution in [3.05, 3.63) is 10.4 Å². The molecule has 1 amide bonds. The quantitative estimate of drug-likeness (QED) is 0.870. The highest BCUT2D eigenvalue weighted by atomic mass is 32.1. The van der Waals surface area contributed by atoms with Crippen LogP contribution in [-0.2, 0) is 4.74 Å². The molecule has 0 saturated carbocycles. The number of carbonyl (C=O) groups is 1. The normalized spacial score (nSPS) is 18.1. The van der Waals surface area contributed by atoms with Gasteiger partial charge in [-0.2, -0.15) is 5.26 Å². The Morgan fingerprint density at radius 2 is 2.45 bits per heavy atom. The number of carbonyl (C=O) groups excluding carboxylic acids is 1. The smallest absolute Gasteiger partial charge is 0.263 e. The summed E-state index contributed by atoms with van der Waals surface area (Å²) in [6.07, 6.45) is 1.08. The molecule has 1 unspecified atom stereocenters. The molecule has 1 atom stereocenters. The summed E-state index contributed by atoms with van der Waals surface area (Å²) >= 11 is 1.28. The lowest BCUT2D eigenvalue weighted by Crippen LogP contribution is -2.22. The zero-order chi connectivity index (χ0) is 14.7. The van der Waals surface area contributed by atoms with Gasteiger partial charge in [-0.1, -0.05) is 0 Å². The highest BCUT2D eigenvalue weighted by Crippen LogP contribution is 2.39. The summed E-state index contributed by atoms with van der Waals surface area (Å²) in [4.78, 5) is 14.4. The first-order valence-corrected chi connectivity index (χ1v) is 7.32. The Bertz CT molecular complexity index is 549. The minimum absolute atomic E-state index is 0.165. The Morgan fingerprint density at radius 3 is 3.00 bits per heavy atom. The van der Waals surface area contributed by atoms with Crippen LogP contribution in [-0.4, -0.2) is 38.8 Å². The molecule has 0 radical (unpaired) electrons. The topological polar surface area (TPSA) is 91.4 Å². The van der Waals surface area contributed by atoms with Crippen LogP contribution in [0.5, 0.6) is 0 Å². The van der Waals surface area contributed by atoms with Crippen molar-refractivity contribution in [2.24, 2.45) is 0 Å². The molecule has 2 heterocycles. The standard InChI is InChI=1S/C13H18N4O2S/c1-3-16-12(18)11-10(15)9(6-14)13(20-11)17-5-4-8(7-17)19-2/h8H,3-5,7,15H2,1-2H3,(H,16,18). The van der Waals surface area contributed by atoms with Gasteiger partial charge in [-0.25, -0.2) is 0 Å². The van der Waals surface area contributed by atoms with E-state index in [9.17, 15) is 10.1 Å². The molecule has 1 aliphatic rings. The molecule has 2 rings (SSSR count). The molecular formula is C13H18N4O2S. The molecular weight excluding hydrogens is 276 g/mol. The van der Waals surface area contributed by atoms with Gasteiger partial charge in [-0.15, -0.1) is 11.3 Å². The van der Waals surface area contributed by atoms with Gasteiger partial charge in [0.2, 0.25) is 0 Å². The van der Waals surface area contributed by atoms with Crippen LogP contribution in [0.15, 0.2) is 0 Å². The molecule has 108 valence electrons. The van der Waals surface area contributed by atoms with Gasteiger partial charge in [0.1, 0.15) is 21.5 Å². The molecule has 1 aliphatic heterocycles. The van der Waals surface area contributed by atoms with Gasteiger partial charge in [-0.3, -0.25) is 4.79 Å². The Morgan fingerprint density at radius 1 is 1.70 bits per heavy atom. The lowest BCUT2D eigenvalue weighted by atomic mass is 10.2. The number of nitrogens with one attached hydrogen (secondary N) is 1. The molecule has 1 aromatic rings. The number of ether oxygens (including phenoxy) is 1. The summed E-state index contributed by atoms with van der Waals surface area (Å²) in [5.41, 5.74) is 6.62. The Kier molecular flexibility index (Phi) is 4.47. The van der Waals surface area contributed by atoms with Gasteiger partial charge in [0.15, 0.2) is 0 Å². The molecule has 0 aliphatic carbocycles. The van der Waals surface area contributed by atoms with Crippen molar-refractivity contribution in [1.82, 2.24) is 5.32 Å². The first-order chi connectivity index (χ1) is 9.62. The van der Waals surface area contributed by atoms with Gasteiger partial charge < -0.3 is 20.7 Å². The van der Waals surface area contributed by atoms with E-state index in [4.69, 9.17) is 10.5 Å². The summed E-state index contributed by atoms with van der Waals surface area (Å²) in [7, 11) is 1.68. The van der Waals surface area contributed by atoms with Crippen molar-refractivity contribution in [2.45, 2.75) is 19.4 Å². The van der Waals surface area contributed by atoms with E-state index in [1.54, 1.807) is 7.11 Å². The second-order valence-corrected chi connectivity index (χ2v) is 5.59. The summed E-state index contributed by atoms with van der Waals surface area (Å²) in [5.74, 6) is -0.222. The fraction of sp³-hybridized carbons (Fsp3) is 0.538. The zero-order valence-electron chi connectivity index (χ0n) is 11.6. The number of methoxy groups -OCH3 is 1. The van der Waals surface area contributed by atoms with Crippen LogP contribution < -0.4 is 16.0 Å². The number of anilines is 2. The van der Waals surface area contributed by atoms with Crippen LogP contribution in [0.1, 0.15) is 28.6 Å². The lowest BCUT2D eigenvalue weighted by molar-refractivity contribution is 0.0960. The maximum Gasteiger partial charge on any atom is 0.263 e. The van der Waals surface area contributed by atoms with Crippen molar-refractivity contribution >= 4 is 27.9 Å². The third-order valence-corrected chi connectivity index (χ3v) is 4.61. The van der Waals surface area contributed by atoms with E-state index in [1.165, 1.54) is 11.3 Å². The third-order valence-electron chi connectivity index (χ3n) is 3.35. The van der Waals surface area contributed by atoms with Crippen molar-refractivity contribution in [3.63, 3.8) is 0 Å². The molecule has 0 bridgehead atoms. The van der Waals surface area contributed by atoms with E-state index in [0.29, 0.717) is 17.0 Å². The van der Waals surface area contributed by atoms with Gasteiger partial charge in [0, 0.05) is 26.7 Å². The number of rotatable bonds is 4. The highest BCUT2D eigenvalue weighted by molar-refractivity contribution is 7.19. The average molecular weight is 294 g/mol. The van der Waals surface area contributed by atoms with Gasteiger partial charge >= 0.3 is 0 Å². The molecule has 0 aromatic carbocycles. The number of hydrogen-bond donors (Lipinski definition) is 2. The molecule has 20 heavy (non-hydrogen) atoms. The summed E-state index contributed by atoms with van der Waals surface area (Å²) in [6, 6.07) is 2.11. The largest absolute Gasteiger partial charge is 0.396 e. The predicted octanol–water partition coefficient (Wildman–Crippen LogP) is 1.18. The van der Waals surface area contributed by atoms with E-state index in [0.717, 1.165) is 24.5 Å². The zero-order valence-corrected chi connectivity index (χ0v) is 12.4. The van der Waals surface area contributed by atoms with Crippen molar-refractivity contribution < 1.29 is 9.53 Å². The van der Waals surface area contributed by atoms with Crippen LogP contribution in [0.2, 0.25) is 0 Å². The first-order valence-electron chi connectivity index (χ1n) is 6.50. The fourth-order valence-electron chi connectivity index (χ4n) is 2.28. The maximum atomic E-state index is 11.9. The second-order valence-electron chi connectivity index (χ2n) is 4.59. The number of nitrogens with two attached hydrogens (primary N) is 1. The van der Waals surface area contributed by atoms with E-state index in [2.05, 4.69) is 16.3 Å². The second kappa shape index (κ2) is 6.11. The average Bonchev–Trinajstić information content (AvgIpc) is 3.02. The number of amides is 1. The SMILES string of the molecule is CCNC(=O)c1sc(N2CCC(OC)C2)c(C#N)c1N.